The van der Waals surface area contributed by atoms with Gasteiger partial charge in [-0.15, -0.1) is 10.2 Å². The number of aromatic nitrogens is 5. The molecule has 0 radical (unpaired) electrons. The first kappa shape index (κ1) is 23.3. The Morgan fingerprint density at radius 3 is 2.56 bits per heavy atom. The Balaban J connectivity index is 1.65. The molecule has 2 aromatic heterocycles. The highest BCUT2D eigenvalue weighted by Gasteiger charge is 2.27. The standard InChI is InChI=1S/C21H19ClN8O3S/c1-12-10-13(2)29(27-12)20-25-26-21(28(20)23)34-18(14-6-4-3-5-7-14)19(31)24-15-8-9-16(22)17(11-15)30(32)33/h3-11,18H,23H2,1-2H3,(H,24,31). The number of amides is 1. The lowest BCUT2D eigenvalue weighted by molar-refractivity contribution is -0.384. The number of anilines is 1. The number of rotatable bonds is 7. The van der Waals surface area contributed by atoms with Crippen LogP contribution in [0.5, 0.6) is 0 Å². The van der Waals surface area contributed by atoms with Crippen LogP contribution in [0.3, 0.4) is 0 Å². The van der Waals surface area contributed by atoms with Gasteiger partial charge < -0.3 is 11.2 Å². The number of nitrogens with two attached hydrogens (primary N) is 1. The second-order valence-electron chi connectivity index (χ2n) is 7.31. The predicted molar refractivity (Wildman–Crippen MR) is 129 cm³/mol. The van der Waals surface area contributed by atoms with Crippen molar-refractivity contribution in [3.63, 3.8) is 0 Å². The number of nitro benzene ring substituents is 1. The molecule has 4 aromatic rings. The van der Waals surface area contributed by atoms with Crippen LogP contribution < -0.4 is 11.2 Å². The number of nitro groups is 1. The molecule has 11 nitrogen and oxygen atoms in total. The molecule has 0 saturated heterocycles. The van der Waals surface area contributed by atoms with Crippen LogP contribution in [0.2, 0.25) is 5.02 Å². The van der Waals surface area contributed by atoms with Crippen molar-refractivity contribution in [1.29, 1.82) is 0 Å². The third kappa shape index (κ3) is 4.72. The number of nitrogen functional groups attached to an aromatic ring is 1. The van der Waals surface area contributed by atoms with Crippen LogP contribution in [0, 0.1) is 24.0 Å². The molecule has 0 bridgehead atoms. The largest absolute Gasteiger partial charge is 0.334 e. The molecule has 3 N–H and O–H groups in total. The lowest BCUT2D eigenvalue weighted by Crippen LogP contribution is -2.21. The predicted octanol–water partition coefficient (Wildman–Crippen LogP) is 3.83. The molecule has 0 aliphatic carbocycles. The Morgan fingerprint density at radius 1 is 1.18 bits per heavy atom. The van der Waals surface area contributed by atoms with Gasteiger partial charge in [0.1, 0.15) is 10.3 Å². The Bertz CT molecular complexity index is 1370. The van der Waals surface area contributed by atoms with Gasteiger partial charge in [0.05, 0.1) is 10.6 Å². The molecule has 2 heterocycles. The molecule has 1 unspecified atom stereocenters. The molecule has 0 aliphatic heterocycles. The zero-order valence-corrected chi connectivity index (χ0v) is 19.6. The van der Waals surface area contributed by atoms with E-state index in [4.69, 9.17) is 17.4 Å². The maximum absolute atomic E-state index is 13.3. The molecular formula is C21H19ClN8O3S. The average Bonchev–Trinajstić information content (AvgIpc) is 3.33. The van der Waals surface area contributed by atoms with Crippen molar-refractivity contribution in [3.8, 4) is 5.95 Å². The van der Waals surface area contributed by atoms with Crippen molar-refractivity contribution < 1.29 is 9.72 Å². The minimum Gasteiger partial charge on any atom is -0.334 e. The van der Waals surface area contributed by atoms with Gasteiger partial charge in [-0.2, -0.15) is 5.10 Å². The van der Waals surface area contributed by atoms with Gasteiger partial charge in [-0.05, 0) is 37.6 Å². The fourth-order valence-electron chi connectivity index (χ4n) is 3.27. The van der Waals surface area contributed by atoms with Gasteiger partial charge in [-0.3, -0.25) is 14.9 Å². The van der Waals surface area contributed by atoms with Gasteiger partial charge in [0.2, 0.25) is 11.1 Å². The summed E-state index contributed by atoms with van der Waals surface area (Å²) in [7, 11) is 0. The molecule has 13 heteroatoms. The summed E-state index contributed by atoms with van der Waals surface area (Å²) < 4.78 is 2.83. The Hall–Kier alpha value is -3.90. The zero-order chi connectivity index (χ0) is 24.4. The third-order valence-corrected chi connectivity index (χ3v) is 6.35. The first-order valence-electron chi connectivity index (χ1n) is 9.95. The second-order valence-corrected chi connectivity index (χ2v) is 8.79. The summed E-state index contributed by atoms with van der Waals surface area (Å²) in [5.41, 5.74) is 2.24. The van der Waals surface area contributed by atoms with Crippen LogP contribution in [-0.2, 0) is 4.79 Å². The first-order chi connectivity index (χ1) is 16.2. The number of benzene rings is 2. The first-order valence-corrected chi connectivity index (χ1v) is 11.2. The Morgan fingerprint density at radius 2 is 1.91 bits per heavy atom. The molecule has 0 fully saturated rings. The van der Waals surface area contributed by atoms with E-state index >= 15 is 0 Å². The number of hydrogen-bond acceptors (Lipinski definition) is 8. The summed E-state index contributed by atoms with van der Waals surface area (Å²) in [6.45, 7) is 3.72. The van der Waals surface area contributed by atoms with Crippen molar-refractivity contribution in [2.24, 2.45) is 0 Å². The van der Waals surface area contributed by atoms with Crippen LogP contribution in [0.15, 0.2) is 59.8 Å². The molecule has 1 atom stereocenters. The molecule has 0 spiro atoms. The van der Waals surface area contributed by atoms with Crippen molar-refractivity contribution in [1.82, 2.24) is 24.7 Å². The molecule has 34 heavy (non-hydrogen) atoms. The number of carbonyl (C=O) groups is 1. The monoisotopic (exact) mass is 498 g/mol. The lowest BCUT2D eigenvalue weighted by Gasteiger charge is -2.16. The molecule has 4 rings (SSSR count). The SMILES string of the molecule is Cc1cc(C)n(-c2nnc(SC(C(=O)Nc3ccc(Cl)c([N+](=O)[O-])c3)c3ccccc3)n2N)n1. The quantitative estimate of drug-likeness (QED) is 0.169. The number of carbonyl (C=O) groups excluding carboxylic acids is 1. The smallest absolute Gasteiger partial charge is 0.289 e. The van der Waals surface area contributed by atoms with Gasteiger partial charge in [-0.1, -0.05) is 53.7 Å². The van der Waals surface area contributed by atoms with Crippen molar-refractivity contribution in [2.45, 2.75) is 24.3 Å². The van der Waals surface area contributed by atoms with Crippen LogP contribution in [0.1, 0.15) is 22.2 Å². The number of halogens is 1. The normalized spacial score (nSPS) is 11.9. The summed E-state index contributed by atoms with van der Waals surface area (Å²) in [6.07, 6.45) is 0. The number of thioether (sulfide) groups is 1. The average molecular weight is 499 g/mol. The van der Waals surface area contributed by atoms with Crippen LogP contribution in [0.4, 0.5) is 11.4 Å². The minimum absolute atomic E-state index is 0.0232. The van der Waals surface area contributed by atoms with E-state index in [0.717, 1.165) is 23.1 Å². The molecule has 2 aromatic carbocycles. The highest BCUT2D eigenvalue weighted by atomic mass is 35.5. The van der Waals surface area contributed by atoms with E-state index in [2.05, 4.69) is 20.6 Å². The molecule has 1 amide bonds. The fraction of sp³-hybridized carbons (Fsp3) is 0.143. The zero-order valence-electron chi connectivity index (χ0n) is 18.0. The van der Waals surface area contributed by atoms with E-state index in [1.165, 1.54) is 22.9 Å². The number of nitrogens with one attached hydrogen (secondary N) is 1. The maximum atomic E-state index is 13.3. The molecule has 0 aliphatic rings. The highest BCUT2D eigenvalue weighted by molar-refractivity contribution is 8.00. The second kappa shape index (κ2) is 9.53. The van der Waals surface area contributed by atoms with Gasteiger partial charge in [0.15, 0.2) is 0 Å². The number of hydrogen-bond donors (Lipinski definition) is 2. The van der Waals surface area contributed by atoms with Crippen LogP contribution >= 0.6 is 23.4 Å². The number of nitrogens with zero attached hydrogens (tertiary/aromatic N) is 6. The Labute approximate surface area is 203 Å². The number of aryl methyl sites for hydroxylation is 2. The summed E-state index contributed by atoms with van der Waals surface area (Å²) in [5.74, 6) is 6.12. The fourth-order valence-corrected chi connectivity index (χ4v) is 4.41. The lowest BCUT2D eigenvalue weighted by atomic mass is 10.1. The summed E-state index contributed by atoms with van der Waals surface area (Å²) >= 11 is 6.97. The minimum atomic E-state index is -0.782. The van der Waals surface area contributed by atoms with E-state index in [1.807, 2.05) is 26.0 Å². The van der Waals surface area contributed by atoms with Gasteiger partial charge in [0, 0.05) is 17.4 Å². The maximum Gasteiger partial charge on any atom is 0.289 e. The van der Waals surface area contributed by atoms with E-state index < -0.39 is 16.1 Å². The highest BCUT2D eigenvalue weighted by Crippen LogP contribution is 2.36. The van der Waals surface area contributed by atoms with Gasteiger partial charge in [0.25, 0.3) is 11.6 Å². The summed E-state index contributed by atoms with van der Waals surface area (Å²) in [5, 5.41) is 26.1. The summed E-state index contributed by atoms with van der Waals surface area (Å²) in [4.78, 5) is 23.9. The van der Waals surface area contributed by atoms with E-state index in [-0.39, 0.29) is 21.6 Å². The van der Waals surface area contributed by atoms with Crippen LogP contribution in [-0.4, -0.2) is 35.5 Å². The Kier molecular flexibility index (Phi) is 6.52. The molecular weight excluding hydrogens is 480 g/mol. The summed E-state index contributed by atoms with van der Waals surface area (Å²) in [6, 6.07) is 15.0. The van der Waals surface area contributed by atoms with Gasteiger partial charge in [-0.25, -0.2) is 9.36 Å². The van der Waals surface area contributed by atoms with Crippen molar-refractivity contribution in [2.75, 3.05) is 11.2 Å². The topological polar surface area (TPSA) is 147 Å². The van der Waals surface area contributed by atoms with Gasteiger partial charge >= 0.3 is 0 Å². The third-order valence-electron chi connectivity index (χ3n) is 4.82. The van der Waals surface area contributed by atoms with Crippen LogP contribution in [0.25, 0.3) is 5.95 Å². The van der Waals surface area contributed by atoms with Crippen molar-refractivity contribution >= 4 is 40.6 Å². The van der Waals surface area contributed by atoms with E-state index in [9.17, 15) is 14.9 Å². The molecule has 174 valence electrons. The van der Waals surface area contributed by atoms with E-state index in [1.54, 1.807) is 28.9 Å². The van der Waals surface area contributed by atoms with Crippen molar-refractivity contribution in [3.05, 3.63) is 86.7 Å². The van der Waals surface area contributed by atoms with E-state index in [0.29, 0.717) is 11.5 Å². The molecule has 0 saturated carbocycles.